The number of amides is 1. The van der Waals surface area contributed by atoms with Gasteiger partial charge in [-0.25, -0.2) is 0 Å². The van der Waals surface area contributed by atoms with Gasteiger partial charge in [-0.15, -0.1) is 0 Å². The Morgan fingerprint density at radius 2 is 1.90 bits per heavy atom. The number of carbonyl (C=O) groups is 1. The molecule has 3 rings (SSSR count). The number of hydrogen-bond donors (Lipinski definition) is 0. The van der Waals surface area contributed by atoms with Crippen LogP contribution in [-0.4, -0.2) is 17.4 Å². The maximum atomic E-state index is 12.7. The smallest absolute Gasteiger partial charge is 0.255 e. The van der Waals surface area contributed by atoms with E-state index in [0.717, 1.165) is 26.6 Å². The standard InChI is InChI=1S/C16H13BrINO/c17-13-5-6-15(18)14(9-13)16(20)19-8-7-11-3-1-2-4-12(11)10-19/h1-6,9H,7-8,10H2. The number of hydrogen-bond acceptors (Lipinski definition) is 1. The third-order valence-corrected chi connectivity index (χ3v) is 5.01. The van der Waals surface area contributed by atoms with Crippen LogP contribution in [0.4, 0.5) is 0 Å². The summed E-state index contributed by atoms with van der Waals surface area (Å²) in [6.45, 7) is 1.50. The number of benzene rings is 2. The lowest BCUT2D eigenvalue weighted by Crippen LogP contribution is -2.36. The van der Waals surface area contributed by atoms with Crippen LogP contribution in [-0.2, 0) is 13.0 Å². The zero-order chi connectivity index (χ0) is 14.1. The number of rotatable bonds is 1. The van der Waals surface area contributed by atoms with Gasteiger partial charge in [-0.2, -0.15) is 0 Å². The van der Waals surface area contributed by atoms with Gasteiger partial charge in [0.2, 0.25) is 0 Å². The van der Waals surface area contributed by atoms with Crippen molar-refractivity contribution in [1.29, 1.82) is 0 Å². The van der Waals surface area contributed by atoms with Crippen molar-refractivity contribution in [1.82, 2.24) is 4.90 Å². The van der Waals surface area contributed by atoms with E-state index in [1.54, 1.807) is 0 Å². The summed E-state index contributed by atoms with van der Waals surface area (Å²) in [6, 6.07) is 14.2. The first-order valence-electron chi connectivity index (χ1n) is 6.46. The van der Waals surface area contributed by atoms with Crippen molar-refractivity contribution in [2.75, 3.05) is 6.54 Å². The summed E-state index contributed by atoms with van der Waals surface area (Å²) in [5, 5.41) is 0. The Morgan fingerprint density at radius 1 is 1.15 bits per heavy atom. The van der Waals surface area contributed by atoms with E-state index in [-0.39, 0.29) is 5.91 Å². The van der Waals surface area contributed by atoms with E-state index in [1.165, 1.54) is 11.1 Å². The molecule has 0 unspecified atom stereocenters. The van der Waals surface area contributed by atoms with E-state index in [1.807, 2.05) is 29.2 Å². The second-order valence-corrected chi connectivity index (χ2v) is 6.95. The molecule has 0 radical (unpaired) electrons. The second kappa shape index (κ2) is 5.85. The van der Waals surface area contributed by atoms with Gasteiger partial charge in [-0.05, 0) is 58.3 Å². The van der Waals surface area contributed by atoms with Crippen molar-refractivity contribution >= 4 is 44.4 Å². The Balaban J connectivity index is 1.88. The molecule has 4 heteroatoms. The highest BCUT2D eigenvalue weighted by Gasteiger charge is 2.22. The maximum absolute atomic E-state index is 12.7. The van der Waals surface area contributed by atoms with Gasteiger partial charge in [0.1, 0.15) is 0 Å². The fraction of sp³-hybridized carbons (Fsp3) is 0.188. The summed E-state index contributed by atoms with van der Waals surface area (Å²) in [6.07, 6.45) is 0.937. The molecule has 0 fully saturated rings. The maximum Gasteiger partial charge on any atom is 0.255 e. The predicted molar refractivity (Wildman–Crippen MR) is 91.7 cm³/mol. The minimum absolute atomic E-state index is 0.116. The van der Waals surface area contributed by atoms with Gasteiger partial charge >= 0.3 is 0 Å². The van der Waals surface area contributed by atoms with Crippen molar-refractivity contribution in [2.24, 2.45) is 0 Å². The molecule has 0 bridgehead atoms. The van der Waals surface area contributed by atoms with Crippen molar-refractivity contribution in [3.05, 3.63) is 67.2 Å². The van der Waals surface area contributed by atoms with Crippen LogP contribution in [0.5, 0.6) is 0 Å². The van der Waals surface area contributed by atoms with E-state index in [4.69, 9.17) is 0 Å². The van der Waals surface area contributed by atoms with Crippen molar-refractivity contribution in [3.63, 3.8) is 0 Å². The third-order valence-electron chi connectivity index (χ3n) is 3.58. The van der Waals surface area contributed by atoms with Crippen LogP contribution in [0, 0.1) is 3.57 Å². The molecule has 2 aromatic rings. The molecule has 20 heavy (non-hydrogen) atoms. The van der Waals surface area contributed by atoms with Crippen LogP contribution in [0.2, 0.25) is 0 Å². The predicted octanol–water partition coefficient (Wildman–Crippen LogP) is 4.25. The van der Waals surface area contributed by atoms with Crippen LogP contribution in [0.25, 0.3) is 0 Å². The number of nitrogens with zero attached hydrogens (tertiary/aromatic N) is 1. The number of carbonyl (C=O) groups excluding carboxylic acids is 1. The zero-order valence-corrected chi connectivity index (χ0v) is 14.5. The largest absolute Gasteiger partial charge is 0.334 e. The average Bonchev–Trinajstić information content (AvgIpc) is 2.48. The first-order chi connectivity index (χ1) is 9.65. The Kier molecular flexibility index (Phi) is 4.12. The molecular formula is C16H13BrINO. The number of halogens is 2. The molecule has 0 aromatic heterocycles. The SMILES string of the molecule is O=C(c1cc(Br)ccc1I)N1CCc2ccccc2C1. The fourth-order valence-corrected chi connectivity index (χ4v) is 3.43. The van der Waals surface area contributed by atoms with Crippen LogP contribution < -0.4 is 0 Å². The highest BCUT2D eigenvalue weighted by molar-refractivity contribution is 14.1. The molecule has 0 saturated heterocycles. The summed E-state index contributed by atoms with van der Waals surface area (Å²) >= 11 is 5.66. The van der Waals surface area contributed by atoms with E-state index in [2.05, 4.69) is 56.7 Å². The van der Waals surface area contributed by atoms with Gasteiger partial charge in [0.05, 0.1) is 5.56 Å². The summed E-state index contributed by atoms with van der Waals surface area (Å²) in [5.74, 6) is 0.116. The minimum Gasteiger partial charge on any atom is -0.334 e. The zero-order valence-electron chi connectivity index (χ0n) is 10.8. The molecular weight excluding hydrogens is 429 g/mol. The molecule has 1 heterocycles. The topological polar surface area (TPSA) is 20.3 Å². The average molecular weight is 442 g/mol. The van der Waals surface area contributed by atoms with Crippen molar-refractivity contribution in [2.45, 2.75) is 13.0 Å². The first kappa shape index (κ1) is 14.1. The highest BCUT2D eigenvalue weighted by atomic mass is 127. The molecule has 0 aliphatic carbocycles. The summed E-state index contributed by atoms with van der Waals surface area (Å²) in [5.41, 5.74) is 3.40. The van der Waals surface area contributed by atoms with Gasteiger partial charge in [-0.1, -0.05) is 40.2 Å². The first-order valence-corrected chi connectivity index (χ1v) is 8.33. The summed E-state index contributed by atoms with van der Waals surface area (Å²) in [7, 11) is 0. The summed E-state index contributed by atoms with van der Waals surface area (Å²) in [4.78, 5) is 14.6. The Bertz CT molecular complexity index is 671. The monoisotopic (exact) mass is 441 g/mol. The van der Waals surface area contributed by atoms with Gasteiger partial charge in [-0.3, -0.25) is 4.79 Å². The molecule has 0 N–H and O–H groups in total. The van der Waals surface area contributed by atoms with E-state index in [0.29, 0.717) is 6.54 Å². The third kappa shape index (κ3) is 2.76. The van der Waals surface area contributed by atoms with E-state index < -0.39 is 0 Å². The number of fused-ring (bicyclic) bond motifs is 1. The lowest BCUT2D eigenvalue weighted by Gasteiger charge is -2.29. The van der Waals surface area contributed by atoms with Crippen LogP contribution in [0.3, 0.4) is 0 Å². The minimum atomic E-state index is 0.116. The van der Waals surface area contributed by atoms with Crippen LogP contribution in [0.15, 0.2) is 46.9 Å². The van der Waals surface area contributed by atoms with Crippen LogP contribution in [0.1, 0.15) is 21.5 Å². The molecule has 102 valence electrons. The lowest BCUT2D eigenvalue weighted by atomic mass is 9.99. The molecule has 1 aliphatic heterocycles. The molecule has 2 aromatic carbocycles. The molecule has 2 nitrogen and oxygen atoms in total. The lowest BCUT2D eigenvalue weighted by molar-refractivity contribution is 0.0733. The Hall–Kier alpha value is -0.880. The van der Waals surface area contributed by atoms with E-state index in [9.17, 15) is 4.79 Å². The van der Waals surface area contributed by atoms with Gasteiger partial charge in [0.15, 0.2) is 0 Å². The summed E-state index contributed by atoms with van der Waals surface area (Å²) < 4.78 is 1.94. The normalized spacial score (nSPS) is 14.0. The second-order valence-electron chi connectivity index (χ2n) is 4.87. The Labute approximate surface area is 140 Å². The van der Waals surface area contributed by atoms with E-state index >= 15 is 0 Å². The fourth-order valence-electron chi connectivity index (χ4n) is 2.50. The van der Waals surface area contributed by atoms with Gasteiger partial charge in [0, 0.05) is 21.1 Å². The molecule has 1 aliphatic rings. The molecule has 1 amide bonds. The quantitative estimate of drug-likeness (QED) is 0.605. The highest BCUT2D eigenvalue weighted by Crippen LogP contribution is 2.24. The van der Waals surface area contributed by atoms with Crippen molar-refractivity contribution < 1.29 is 4.79 Å². The Morgan fingerprint density at radius 3 is 2.70 bits per heavy atom. The molecule has 0 atom stereocenters. The molecule has 0 spiro atoms. The van der Waals surface area contributed by atoms with Crippen LogP contribution >= 0.6 is 38.5 Å². The van der Waals surface area contributed by atoms with Gasteiger partial charge < -0.3 is 4.90 Å². The molecule has 0 saturated carbocycles. The van der Waals surface area contributed by atoms with Gasteiger partial charge in [0.25, 0.3) is 5.91 Å². The van der Waals surface area contributed by atoms with Crippen molar-refractivity contribution in [3.8, 4) is 0 Å².